The van der Waals surface area contributed by atoms with Crippen molar-refractivity contribution in [2.24, 2.45) is 0 Å². The van der Waals surface area contributed by atoms with E-state index in [2.05, 4.69) is 10.6 Å². The van der Waals surface area contributed by atoms with E-state index in [9.17, 15) is 9.59 Å². The van der Waals surface area contributed by atoms with Gasteiger partial charge in [-0.15, -0.1) is 0 Å². The normalized spacial score (nSPS) is 9.89. The van der Waals surface area contributed by atoms with Crippen molar-refractivity contribution in [2.75, 3.05) is 18.4 Å². The Morgan fingerprint density at radius 2 is 1.79 bits per heavy atom. The maximum Gasteiger partial charge on any atom is 0.303 e. The number of hydrogen-bond donors (Lipinski definition) is 3. The number of carboxylic acids is 1. The van der Waals surface area contributed by atoms with E-state index in [0.717, 1.165) is 18.5 Å². The highest BCUT2D eigenvalue weighted by molar-refractivity contribution is 5.80. The van der Waals surface area contributed by atoms with Crippen LogP contribution in [0.2, 0.25) is 0 Å². The summed E-state index contributed by atoms with van der Waals surface area (Å²) in [7, 11) is 0. The molecule has 0 radical (unpaired) electrons. The predicted octanol–water partition coefficient (Wildman–Crippen LogP) is 1.86. The van der Waals surface area contributed by atoms with Gasteiger partial charge >= 0.3 is 5.97 Å². The molecule has 0 spiro atoms. The minimum atomic E-state index is -0.768. The number of unbranched alkanes of at least 4 members (excludes halogenated alkanes) is 2. The van der Waals surface area contributed by atoms with Crippen molar-refractivity contribution >= 4 is 17.6 Å². The zero-order chi connectivity index (χ0) is 13.9. The summed E-state index contributed by atoms with van der Waals surface area (Å²) in [5.41, 5.74) is 0.916. The summed E-state index contributed by atoms with van der Waals surface area (Å²) in [6.07, 6.45) is 2.49. The van der Waals surface area contributed by atoms with E-state index in [-0.39, 0.29) is 18.9 Å². The molecule has 1 rings (SSSR count). The van der Waals surface area contributed by atoms with Crippen molar-refractivity contribution in [3.05, 3.63) is 30.3 Å². The number of hydrogen-bond acceptors (Lipinski definition) is 3. The maximum absolute atomic E-state index is 11.5. The minimum Gasteiger partial charge on any atom is -0.481 e. The molecule has 5 heteroatoms. The van der Waals surface area contributed by atoms with E-state index in [1.807, 2.05) is 30.3 Å². The molecule has 0 saturated heterocycles. The highest BCUT2D eigenvalue weighted by Crippen LogP contribution is 2.03. The second kappa shape index (κ2) is 8.97. The van der Waals surface area contributed by atoms with Crippen molar-refractivity contribution < 1.29 is 14.7 Å². The lowest BCUT2D eigenvalue weighted by Crippen LogP contribution is -2.30. The number of amides is 1. The average Bonchev–Trinajstić information content (AvgIpc) is 2.41. The van der Waals surface area contributed by atoms with Gasteiger partial charge in [-0.2, -0.15) is 0 Å². The third-order valence-corrected chi connectivity index (χ3v) is 2.62. The number of aliphatic carboxylic acids is 1. The molecule has 0 aliphatic rings. The van der Waals surface area contributed by atoms with Gasteiger partial charge in [0.05, 0.1) is 6.54 Å². The smallest absolute Gasteiger partial charge is 0.303 e. The number of benzene rings is 1. The van der Waals surface area contributed by atoms with Gasteiger partial charge in [0, 0.05) is 18.7 Å². The van der Waals surface area contributed by atoms with Gasteiger partial charge in [-0.05, 0) is 25.0 Å². The SMILES string of the molecule is O=C(O)CCCCCNC(=O)CNc1ccccc1. The second-order valence-electron chi connectivity index (χ2n) is 4.27. The highest BCUT2D eigenvalue weighted by atomic mass is 16.4. The zero-order valence-corrected chi connectivity index (χ0v) is 10.9. The molecule has 1 amide bonds. The van der Waals surface area contributed by atoms with Crippen LogP contribution in [0, 0.1) is 0 Å². The summed E-state index contributed by atoms with van der Waals surface area (Å²) in [6, 6.07) is 9.53. The van der Waals surface area contributed by atoms with Crippen LogP contribution in [0.25, 0.3) is 0 Å². The van der Waals surface area contributed by atoms with Gasteiger partial charge < -0.3 is 15.7 Å². The van der Waals surface area contributed by atoms with Crippen LogP contribution in [0.3, 0.4) is 0 Å². The second-order valence-corrected chi connectivity index (χ2v) is 4.27. The lowest BCUT2D eigenvalue weighted by atomic mass is 10.2. The number of carboxylic acid groups (broad SMARTS) is 1. The fraction of sp³-hybridized carbons (Fsp3) is 0.429. The first-order valence-electron chi connectivity index (χ1n) is 6.46. The summed E-state index contributed by atoms with van der Waals surface area (Å²) in [5.74, 6) is -0.821. The van der Waals surface area contributed by atoms with Gasteiger partial charge in [-0.1, -0.05) is 24.6 Å². The number of carbonyl (C=O) groups excluding carboxylic acids is 1. The Kier molecular flexibility index (Phi) is 7.09. The topological polar surface area (TPSA) is 78.4 Å². The van der Waals surface area contributed by atoms with Crippen molar-refractivity contribution in [3.8, 4) is 0 Å². The van der Waals surface area contributed by atoms with Gasteiger partial charge in [0.2, 0.25) is 5.91 Å². The summed E-state index contributed by atoms with van der Waals surface area (Å²) < 4.78 is 0. The van der Waals surface area contributed by atoms with Crippen LogP contribution in [0.5, 0.6) is 0 Å². The molecule has 3 N–H and O–H groups in total. The van der Waals surface area contributed by atoms with Crippen LogP contribution in [-0.4, -0.2) is 30.1 Å². The molecule has 0 aliphatic carbocycles. The zero-order valence-electron chi connectivity index (χ0n) is 10.9. The summed E-state index contributed by atoms with van der Waals surface area (Å²) in [4.78, 5) is 21.8. The Morgan fingerprint density at radius 1 is 1.05 bits per heavy atom. The first kappa shape index (κ1) is 15.0. The van der Waals surface area contributed by atoms with Crippen LogP contribution in [0.15, 0.2) is 30.3 Å². The Balaban J connectivity index is 2.01. The lowest BCUT2D eigenvalue weighted by Gasteiger charge is -2.07. The fourth-order valence-electron chi connectivity index (χ4n) is 1.61. The number of carbonyl (C=O) groups is 2. The molecule has 1 aromatic carbocycles. The largest absolute Gasteiger partial charge is 0.481 e. The molecular formula is C14H20N2O3. The molecule has 0 bridgehead atoms. The van der Waals surface area contributed by atoms with Crippen molar-refractivity contribution in [1.29, 1.82) is 0 Å². The van der Waals surface area contributed by atoms with Crippen LogP contribution in [-0.2, 0) is 9.59 Å². The van der Waals surface area contributed by atoms with Gasteiger partial charge in [-0.3, -0.25) is 9.59 Å². The van der Waals surface area contributed by atoms with E-state index >= 15 is 0 Å². The maximum atomic E-state index is 11.5. The van der Waals surface area contributed by atoms with E-state index in [1.54, 1.807) is 0 Å². The molecular weight excluding hydrogens is 244 g/mol. The van der Waals surface area contributed by atoms with Crippen LogP contribution in [0.1, 0.15) is 25.7 Å². The van der Waals surface area contributed by atoms with Crippen LogP contribution >= 0.6 is 0 Å². The Morgan fingerprint density at radius 3 is 2.47 bits per heavy atom. The molecule has 0 aliphatic heterocycles. The third kappa shape index (κ3) is 7.81. The molecule has 5 nitrogen and oxygen atoms in total. The van der Waals surface area contributed by atoms with Crippen LogP contribution in [0.4, 0.5) is 5.69 Å². The average molecular weight is 264 g/mol. The molecule has 104 valence electrons. The van der Waals surface area contributed by atoms with E-state index in [4.69, 9.17) is 5.11 Å². The first-order chi connectivity index (χ1) is 9.18. The molecule has 19 heavy (non-hydrogen) atoms. The van der Waals surface area contributed by atoms with Gasteiger partial charge in [0.1, 0.15) is 0 Å². The standard InChI is InChI=1S/C14H20N2O3/c17-13(11-16-12-7-3-1-4-8-12)15-10-6-2-5-9-14(18)19/h1,3-4,7-8,16H,2,5-6,9-11H2,(H,15,17)(H,18,19). The monoisotopic (exact) mass is 264 g/mol. The lowest BCUT2D eigenvalue weighted by molar-refractivity contribution is -0.137. The highest BCUT2D eigenvalue weighted by Gasteiger charge is 2.00. The van der Waals surface area contributed by atoms with Crippen molar-refractivity contribution in [1.82, 2.24) is 5.32 Å². The Labute approximate surface area is 113 Å². The molecule has 0 atom stereocenters. The quantitative estimate of drug-likeness (QED) is 0.595. The Bertz CT molecular complexity index is 393. The molecule has 0 fully saturated rings. The minimum absolute atomic E-state index is 0.0536. The van der Waals surface area contributed by atoms with E-state index < -0.39 is 5.97 Å². The molecule has 0 aromatic heterocycles. The number of para-hydroxylation sites is 1. The number of anilines is 1. The Hall–Kier alpha value is -2.04. The summed E-state index contributed by atoms with van der Waals surface area (Å²) >= 11 is 0. The molecule has 0 heterocycles. The number of nitrogens with one attached hydrogen (secondary N) is 2. The number of rotatable bonds is 9. The van der Waals surface area contributed by atoms with Crippen molar-refractivity contribution in [2.45, 2.75) is 25.7 Å². The molecule has 0 unspecified atom stereocenters. The fourth-order valence-corrected chi connectivity index (χ4v) is 1.61. The van der Waals surface area contributed by atoms with Gasteiger partial charge in [0.25, 0.3) is 0 Å². The van der Waals surface area contributed by atoms with E-state index in [1.165, 1.54) is 0 Å². The van der Waals surface area contributed by atoms with Gasteiger partial charge in [0.15, 0.2) is 0 Å². The molecule has 0 saturated carbocycles. The van der Waals surface area contributed by atoms with Gasteiger partial charge in [-0.25, -0.2) is 0 Å². The molecule has 1 aromatic rings. The predicted molar refractivity (Wildman–Crippen MR) is 74.0 cm³/mol. The van der Waals surface area contributed by atoms with Crippen LogP contribution < -0.4 is 10.6 Å². The summed E-state index contributed by atoms with van der Waals surface area (Å²) in [5, 5.41) is 14.3. The summed E-state index contributed by atoms with van der Waals surface area (Å²) in [6.45, 7) is 0.841. The van der Waals surface area contributed by atoms with E-state index in [0.29, 0.717) is 13.0 Å². The third-order valence-electron chi connectivity index (χ3n) is 2.62. The first-order valence-corrected chi connectivity index (χ1v) is 6.46. The van der Waals surface area contributed by atoms with Crippen molar-refractivity contribution in [3.63, 3.8) is 0 Å².